The fraction of sp³-hybridized carbons (Fsp3) is 0. The van der Waals surface area contributed by atoms with E-state index in [1.54, 1.807) is 6.20 Å². The summed E-state index contributed by atoms with van der Waals surface area (Å²) in [4.78, 5) is 17.7. The topological polar surface area (TPSA) is 70.4 Å². The summed E-state index contributed by atoms with van der Waals surface area (Å²) in [5.41, 5.74) is -0.304. The van der Waals surface area contributed by atoms with Crippen LogP contribution in [0.5, 0.6) is 5.88 Å². The van der Waals surface area contributed by atoms with Gasteiger partial charge in [0.15, 0.2) is 0 Å². The summed E-state index contributed by atoms with van der Waals surface area (Å²) in [5, 5.41) is 13.2. The Bertz CT molecular complexity index is 528. The third kappa shape index (κ3) is 1.11. The monoisotopic (exact) mass is 191 g/mol. The molecule has 0 saturated heterocycles. The van der Waals surface area contributed by atoms with Crippen LogP contribution in [0.15, 0.2) is 17.2 Å². The van der Waals surface area contributed by atoms with E-state index in [1.807, 2.05) is 0 Å². The van der Waals surface area contributed by atoms with Crippen LogP contribution in [0.1, 0.15) is 0 Å². The molecule has 2 aromatic rings. The van der Waals surface area contributed by atoms with Gasteiger partial charge in [-0.05, 0) is 0 Å². The zero-order valence-electron chi connectivity index (χ0n) is 6.69. The van der Waals surface area contributed by atoms with Crippen molar-refractivity contribution in [1.82, 2.24) is 14.4 Å². The van der Waals surface area contributed by atoms with E-state index in [-0.39, 0.29) is 11.4 Å². The molecule has 0 radical (unpaired) electrons. The number of aromatic nitrogens is 3. The molecule has 0 aliphatic carbocycles. The van der Waals surface area contributed by atoms with Crippen molar-refractivity contribution in [2.45, 2.75) is 0 Å². The van der Waals surface area contributed by atoms with Gasteiger partial charge in [-0.2, -0.15) is 0 Å². The van der Waals surface area contributed by atoms with Gasteiger partial charge in [0.25, 0.3) is 0 Å². The molecule has 0 aromatic carbocycles. The first-order chi connectivity index (χ1) is 6.24. The van der Waals surface area contributed by atoms with Crippen molar-refractivity contribution < 1.29 is 5.11 Å². The number of hydrogen-bond acceptors (Lipinski definition) is 3. The second kappa shape index (κ2) is 2.84. The van der Waals surface area contributed by atoms with Crippen LogP contribution in [0.4, 0.5) is 0 Å². The van der Waals surface area contributed by atoms with Crippen molar-refractivity contribution in [3.05, 3.63) is 22.7 Å². The van der Waals surface area contributed by atoms with E-state index in [0.29, 0.717) is 10.2 Å². The number of imidazole rings is 1. The summed E-state index contributed by atoms with van der Waals surface area (Å²) in [6, 6.07) is 0. The van der Waals surface area contributed by atoms with Gasteiger partial charge in [-0.1, -0.05) is 0 Å². The van der Waals surface area contributed by atoms with E-state index in [4.69, 9.17) is 0 Å². The molecule has 5 nitrogen and oxygen atoms in total. The normalized spacial score (nSPS) is 10.2. The Morgan fingerprint density at radius 3 is 3.15 bits per heavy atom. The Morgan fingerprint density at radius 1 is 1.69 bits per heavy atom. The molecular formula is C7H6AlN3O2. The maximum atomic E-state index is 11.3. The van der Waals surface area contributed by atoms with Crippen LogP contribution in [-0.4, -0.2) is 39.6 Å². The van der Waals surface area contributed by atoms with Crippen LogP contribution in [-0.2, 0) is 0 Å². The van der Waals surface area contributed by atoms with E-state index in [2.05, 4.69) is 15.4 Å². The van der Waals surface area contributed by atoms with Gasteiger partial charge in [0.2, 0.25) is 0 Å². The minimum absolute atomic E-state index is 0.0544. The Hall–Kier alpha value is -1.38. The fourth-order valence-electron chi connectivity index (χ4n) is 1.15. The van der Waals surface area contributed by atoms with Crippen LogP contribution < -0.4 is 9.98 Å². The minimum atomic E-state index is -0.457. The van der Waals surface area contributed by atoms with Gasteiger partial charge in [-0.3, -0.25) is 0 Å². The van der Waals surface area contributed by atoms with Crippen LogP contribution in [0, 0.1) is 0 Å². The predicted octanol–water partition coefficient (Wildman–Crippen LogP) is -1.51. The molecule has 6 heteroatoms. The van der Waals surface area contributed by atoms with Gasteiger partial charge in [-0.15, -0.1) is 0 Å². The first kappa shape index (κ1) is 8.23. The van der Waals surface area contributed by atoms with Gasteiger partial charge in [0.05, 0.1) is 0 Å². The van der Waals surface area contributed by atoms with E-state index < -0.39 is 14.8 Å². The van der Waals surface area contributed by atoms with E-state index >= 15 is 0 Å². The molecule has 0 atom stereocenters. The molecule has 0 amide bonds. The molecule has 0 spiro atoms. The van der Waals surface area contributed by atoms with Gasteiger partial charge in [0.1, 0.15) is 0 Å². The number of H-pyrrole nitrogens is 1. The summed E-state index contributed by atoms with van der Waals surface area (Å²) in [5.74, 6) is 0.292. The Morgan fingerprint density at radius 2 is 2.46 bits per heavy atom. The summed E-state index contributed by atoms with van der Waals surface area (Å²) in [6.45, 7) is 0. The standard InChI is InChI=1S/C6H4N3O2.CH2.Al/c10-4-3-5(11)9-2-1-7-6(9)8-4;;/h1-2,11H,(H,7,8,10);1H2;. The Balaban J connectivity index is 3.01. The Labute approximate surface area is 78.9 Å². The van der Waals surface area contributed by atoms with E-state index in [1.165, 1.54) is 10.6 Å². The zero-order valence-corrected chi connectivity index (χ0v) is 7.84. The second-order valence-electron chi connectivity index (χ2n) is 2.52. The molecule has 0 bridgehead atoms. The van der Waals surface area contributed by atoms with Gasteiger partial charge in [0, 0.05) is 0 Å². The molecule has 0 fully saturated rings. The average Bonchev–Trinajstić information content (AvgIpc) is 2.53. The number of aromatic amines is 1. The van der Waals surface area contributed by atoms with Crippen molar-refractivity contribution in [2.75, 3.05) is 0 Å². The number of aromatic hydroxyl groups is 1. The maximum absolute atomic E-state index is 11.3. The molecule has 2 aromatic heterocycles. The van der Waals surface area contributed by atoms with Crippen LogP contribution in [0.3, 0.4) is 0 Å². The predicted molar refractivity (Wildman–Crippen MR) is 50.0 cm³/mol. The number of nitrogens with zero attached hydrogens (tertiary/aromatic N) is 2. The van der Waals surface area contributed by atoms with Crippen molar-refractivity contribution >= 4 is 30.4 Å². The van der Waals surface area contributed by atoms with E-state index in [0.717, 1.165) is 0 Å². The van der Waals surface area contributed by atoms with Crippen molar-refractivity contribution in [3.8, 4) is 5.88 Å². The first-order valence-corrected chi connectivity index (χ1v) is 5.04. The second-order valence-corrected chi connectivity index (χ2v) is 3.50. The van der Waals surface area contributed by atoms with E-state index in [9.17, 15) is 9.90 Å². The van der Waals surface area contributed by atoms with Crippen LogP contribution in [0.2, 0.25) is 0 Å². The molecule has 13 heavy (non-hydrogen) atoms. The van der Waals surface area contributed by atoms with Crippen molar-refractivity contribution in [1.29, 1.82) is 0 Å². The molecule has 2 rings (SSSR count). The Kier molecular flexibility index (Phi) is 1.80. The van der Waals surface area contributed by atoms with Gasteiger partial charge < -0.3 is 0 Å². The SMILES string of the molecule is [CH2]=[Al][c]1c(O)n2ccnc2[nH]c1=O. The molecule has 2 N–H and O–H groups in total. The summed E-state index contributed by atoms with van der Waals surface area (Å²) < 4.78 is 1.78. The molecule has 0 saturated carbocycles. The summed E-state index contributed by atoms with van der Waals surface area (Å²) in [7, 11) is 0. The molecule has 0 aliphatic heterocycles. The van der Waals surface area contributed by atoms with Crippen LogP contribution >= 0.6 is 0 Å². The quantitative estimate of drug-likeness (QED) is 0.538. The van der Waals surface area contributed by atoms with Crippen molar-refractivity contribution in [3.63, 3.8) is 0 Å². The zero-order chi connectivity index (χ0) is 9.42. The summed E-state index contributed by atoms with van der Waals surface area (Å²) in [6.07, 6.45) is 3.09. The average molecular weight is 191 g/mol. The molecule has 2 heterocycles. The third-order valence-corrected chi connectivity index (χ3v) is 2.71. The molecule has 0 aliphatic rings. The van der Waals surface area contributed by atoms with Crippen molar-refractivity contribution in [2.24, 2.45) is 0 Å². The van der Waals surface area contributed by atoms with Crippen LogP contribution in [0.25, 0.3) is 5.78 Å². The number of rotatable bonds is 1. The van der Waals surface area contributed by atoms with Gasteiger partial charge in [-0.25, -0.2) is 0 Å². The third-order valence-electron chi connectivity index (χ3n) is 1.78. The summed E-state index contributed by atoms with van der Waals surface area (Å²) >= 11 is -0.457. The molecular weight excluding hydrogens is 185 g/mol. The first-order valence-electron chi connectivity index (χ1n) is 3.65. The van der Waals surface area contributed by atoms with Gasteiger partial charge >= 0.3 is 78.5 Å². The number of hydrogen-bond donors (Lipinski definition) is 2. The molecule has 64 valence electrons. The fourth-order valence-corrected chi connectivity index (χ4v) is 1.73. The number of nitrogens with one attached hydrogen (secondary N) is 1. The number of fused-ring (bicyclic) bond motifs is 1. The molecule has 0 unspecified atom stereocenters.